The maximum absolute atomic E-state index is 14.2. The average Bonchev–Trinajstić information content (AvgIpc) is 3.34. The second kappa shape index (κ2) is 6.28. The van der Waals surface area contributed by atoms with Gasteiger partial charge in [0.05, 0.1) is 5.54 Å². The highest BCUT2D eigenvalue weighted by Gasteiger charge is 2.36. The first-order chi connectivity index (χ1) is 12.5. The van der Waals surface area contributed by atoms with Crippen LogP contribution >= 0.6 is 0 Å². The van der Waals surface area contributed by atoms with Crippen LogP contribution < -0.4 is 5.73 Å². The summed E-state index contributed by atoms with van der Waals surface area (Å²) < 4.78 is 21.1. The molecular weight excluding hydrogens is 335 g/mol. The van der Waals surface area contributed by atoms with E-state index in [0.29, 0.717) is 17.3 Å². The van der Waals surface area contributed by atoms with E-state index in [9.17, 15) is 4.39 Å². The van der Waals surface area contributed by atoms with Crippen molar-refractivity contribution in [2.24, 2.45) is 5.73 Å². The fourth-order valence-electron chi connectivity index (χ4n) is 3.34. The molecule has 2 N–H and O–H groups in total. The summed E-state index contributed by atoms with van der Waals surface area (Å²) in [7, 11) is 0. The van der Waals surface area contributed by atoms with Crippen LogP contribution in [0.4, 0.5) is 4.39 Å². The largest absolute Gasteiger partial charge is 0.330 e. The molecule has 7 nitrogen and oxygen atoms in total. The molecular formula is C18H21FN6O. The van der Waals surface area contributed by atoms with Crippen molar-refractivity contribution in [3.63, 3.8) is 0 Å². The van der Waals surface area contributed by atoms with Crippen molar-refractivity contribution in [1.29, 1.82) is 0 Å². The Bertz CT molecular complexity index is 925. The SMILES string of the molecule is CC(C)c1nc(-c2nc(C3(N)CCCC3)no2)nn1-c1ccccc1F. The third kappa shape index (κ3) is 2.80. The van der Waals surface area contributed by atoms with E-state index in [4.69, 9.17) is 10.3 Å². The van der Waals surface area contributed by atoms with Crippen LogP contribution in [-0.2, 0) is 5.54 Å². The van der Waals surface area contributed by atoms with Crippen molar-refractivity contribution in [3.8, 4) is 17.4 Å². The van der Waals surface area contributed by atoms with Crippen molar-refractivity contribution in [2.75, 3.05) is 0 Å². The topological polar surface area (TPSA) is 95.7 Å². The Morgan fingerprint density at radius 2 is 1.92 bits per heavy atom. The van der Waals surface area contributed by atoms with E-state index in [1.54, 1.807) is 18.2 Å². The summed E-state index contributed by atoms with van der Waals surface area (Å²) in [6.07, 6.45) is 3.77. The molecule has 2 heterocycles. The first-order valence-electron chi connectivity index (χ1n) is 8.83. The molecule has 1 aliphatic rings. The molecule has 0 atom stereocenters. The molecule has 1 aliphatic carbocycles. The van der Waals surface area contributed by atoms with Gasteiger partial charge in [0, 0.05) is 5.92 Å². The highest BCUT2D eigenvalue weighted by atomic mass is 19.1. The summed E-state index contributed by atoms with van der Waals surface area (Å²) in [6.45, 7) is 3.94. The Balaban J connectivity index is 1.76. The van der Waals surface area contributed by atoms with Crippen LogP contribution in [0.3, 0.4) is 0 Å². The van der Waals surface area contributed by atoms with E-state index in [-0.39, 0.29) is 23.5 Å². The van der Waals surface area contributed by atoms with E-state index in [1.165, 1.54) is 10.7 Å². The highest BCUT2D eigenvalue weighted by molar-refractivity contribution is 5.43. The summed E-state index contributed by atoms with van der Waals surface area (Å²) in [5, 5.41) is 8.47. The fourth-order valence-corrected chi connectivity index (χ4v) is 3.34. The van der Waals surface area contributed by atoms with Gasteiger partial charge in [-0.15, -0.1) is 5.10 Å². The maximum Gasteiger partial charge on any atom is 0.297 e. The van der Waals surface area contributed by atoms with Gasteiger partial charge in [-0.05, 0) is 25.0 Å². The minimum atomic E-state index is -0.545. The third-order valence-electron chi connectivity index (χ3n) is 4.79. The molecule has 3 aromatic rings. The normalized spacial score (nSPS) is 16.5. The molecule has 2 aromatic heterocycles. The van der Waals surface area contributed by atoms with Crippen molar-refractivity contribution in [1.82, 2.24) is 24.9 Å². The monoisotopic (exact) mass is 356 g/mol. The molecule has 0 radical (unpaired) electrons. The smallest absolute Gasteiger partial charge is 0.297 e. The zero-order chi connectivity index (χ0) is 18.3. The summed E-state index contributed by atoms with van der Waals surface area (Å²) in [6, 6.07) is 6.45. The fraction of sp³-hybridized carbons (Fsp3) is 0.444. The number of hydrogen-bond acceptors (Lipinski definition) is 6. The van der Waals surface area contributed by atoms with Gasteiger partial charge in [0.2, 0.25) is 5.82 Å². The Hall–Kier alpha value is -2.61. The predicted octanol–water partition coefficient (Wildman–Crippen LogP) is 3.31. The van der Waals surface area contributed by atoms with Crippen molar-refractivity contribution >= 4 is 0 Å². The number of hydrogen-bond donors (Lipinski definition) is 1. The molecule has 1 aromatic carbocycles. The molecule has 26 heavy (non-hydrogen) atoms. The highest BCUT2D eigenvalue weighted by Crippen LogP contribution is 2.35. The average molecular weight is 356 g/mol. The van der Waals surface area contributed by atoms with Gasteiger partial charge in [-0.25, -0.2) is 14.1 Å². The molecule has 8 heteroatoms. The lowest BCUT2D eigenvalue weighted by atomic mass is 9.99. The number of nitrogens with two attached hydrogens (primary N) is 1. The number of rotatable bonds is 4. The van der Waals surface area contributed by atoms with Gasteiger partial charge in [0.1, 0.15) is 17.3 Å². The van der Waals surface area contributed by atoms with Crippen molar-refractivity contribution in [2.45, 2.75) is 51.0 Å². The van der Waals surface area contributed by atoms with Gasteiger partial charge >= 0.3 is 0 Å². The van der Waals surface area contributed by atoms with Gasteiger partial charge in [0.15, 0.2) is 5.82 Å². The zero-order valence-electron chi connectivity index (χ0n) is 14.8. The first-order valence-corrected chi connectivity index (χ1v) is 8.83. The van der Waals surface area contributed by atoms with Crippen molar-refractivity contribution in [3.05, 3.63) is 41.7 Å². The molecule has 0 unspecified atom stereocenters. The van der Waals surface area contributed by atoms with Crippen LogP contribution in [0.1, 0.15) is 57.1 Å². The summed E-state index contributed by atoms with van der Waals surface area (Å²) in [5.41, 5.74) is 6.17. The van der Waals surface area contributed by atoms with E-state index in [2.05, 4.69) is 20.2 Å². The van der Waals surface area contributed by atoms with Gasteiger partial charge in [0.25, 0.3) is 5.89 Å². The standard InChI is InChI=1S/C18H21FN6O/c1-11(2)15-21-14(23-25(15)13-8-4-3-7-12(13)19)16-22-17(24-26-16)18(20)9-5-6-10-18/h3-4,7-8,11H,5-6,9-10,20H2,1-2H3. The Morgan fingerprint density at radius 1 is 1.19 bits per heavy atom. The molecule has 0 aliphatic heterocycles. The minimum Gasteiger partial charge on any atom is -0.330 e. The molecule has 0 bridgehead atoms. The molecule has 1 fully saturated rings. The predicted molar refractivity (Wildman–Crippen MR) is 93.0 cm³/mol. The number of benzene rings is 1. The molecule has 136 valence electrons. The van der Waals surface area contributed by atoms with Crippen LogP contribution in [0, 0.1) is 5.82 Å². The second-order valence-electron chi connectivity index (χ2n) is 7.10. The van der Waals surface area contributed by atoms with Crippen LogP contribution in [0.2, 0.25) is 0 Å². The van der Waals surface area contributed by atoms with Gasteiger partial charge in [-0.2, -0.15) is 4.98 Å². The van der Waals surface area contributed by atoms with Crippen LogP contribution in [0.25, 0.3) is 17.4 Å². The molecule has 0 amide bonds. The van der Waals surface area contributed by atoms with Crippen LogP contribution in [0.15, 0.2) is 28.8 Å². The van der Waals surface area contributed by atoms with Gasteiger partial charge in [-0.3, -0.25) is 0 Å². The third-order valence-corrected chi connectivity index (χ3v) is 4.79. The first kappa shape index (κ1) is 16.8. The van der Waals surface area contributed by atoms with E-state index in [0.717, 1.165) is 25.7 Å². The number of halogens is 1. The number of aromatic nitrogens is 5. The molecule has 4 rings (SSSR count). The lowest BCUT2D eigenvalue weighted by Gasteiger charge is -2.17. The lowest BCUT2D eigenvalue weighted by Crippen LogP contribution is -2.34. The summed E-state index contributed by atoms with van der Waals surface area (Å²) in [4.78, 5) is 8.94. The summed E-state index contributed by atoms with van der Waals surface area (Å²) in [5.74, 6) is 1.25. The maximum atomic E-state index is 14.2. The zero-order valence-corrected chi connectivity index (χ0v) is 14.8. The van der Waals surface area contributed by atoms with Crippen LogP contribution in [0.5, 0.6) is 0 Å². The molecule has 1 saturated carbocycles. The van der Waals surface area contributed by atoms with Crippen molar-refractivity contribution < 1.29 is 8.91 Å². The number of nitrogens with zero attached hydrogens (tertiary/aromatic N) is 5. The summed E-state index contributed by atoms with van der Waals surface area (Å²) >= 11 is 0. The lowest BCUT2D eigenvalue weighted by molar-refractivity contribution is 0.372. The Morgan fingerprint density at radius 3 is 2.62 bits per heavy atom. The quantitative estimate of drug-likeness (QED) is 0.770. The second-order valence-corrected chi connectivity index (χ2v) is 7.10. The molecule has 0 saturated heterocycles. The molecule has 0 spiro atoms. The number of para-hydroxylation sites is 1. The van der Waals surface area contributed by atoms with Gasteiger partial charge < -0.3 is 10.3 Å². The van der Waals surface area contributed by atoms with E-state index in [1.807, 2.05) is 13.8 Å². The minimum absolute atomic E-state index is 0.0360. The van der Waals surface area contributed by atoms with Gasteiger partial charge in [-0.1, -0.05) is 44.0 Å². The Labute approximate surface area is 150 Å². The van der Waals surface area contributed by atoms with Crippen LogP contribution in [-0.4, -0.2) is 24.9 Å². The Kier molecular flexibility index (Phi) is 4.07. The van der Waals surface area contributed by atoms with E-state index >= 15 is 0 Å². The van der Waals surface area contributed by atoms with E-state index < -0.39 is 5.54 Å².